The van der Waals surface area contributed by atoms with Crippen LogP contribution >= 0.6 is 11.8 Å². The molecule has 0 aromatic carbocycles. The van der Waals surface area contributed by atoms with Crippen LogP contribution in [0, 0.1) is 0 Å². The first-order valence-corrected chi connectivity index (χ1v) is 7.47. The number of nitrogens with two attached hydrogens (primary N) is 1. The molecule has 0 aliphatic heterocycles. The van der Waals surface area contributed by atoms with Crippen LogP contribution in [0.1, 0.15) is 39.5 Å². The van der Waals surface area contributed by atoms with Crippen LogP contribution in [0.15, 0.2) is 28.0 Å². The molecular weight excluding hydrogens is 260 g/mol. The largest absolute Gasteiger partial charge is 0.390 e. The van der Waals surface area contributed by atoms with E-state index in [1.807, 2.05) is 6.92 Å². The third-order valence-electron chi connectivity index (χ3n) is 2.68. The molecule has 0 amide bonds. The molecule has 0 heterocycles. The first-order chi connectivity index (χ1) is 9.02. The Balaban J connectivity index is 3.87. The van der Waals surface area contributed by atoms with Crippen LogP contribution in [0.4, 0.5) is 0 Å². The van der Waals surface area contributed by atoms with E-state index in [4.69, 9.17) is 5.73 Å². The van der Waals surface area contributed by atoms with Gasteiger partial charge in [0.1, 0.15) is 6.10 Å². The molecular formula is C14H26N2O2S. The zero-order valence-corrected chi connectivity index (χ0v) is 12.7. The van der Waals surface area contributed by atoms with Gasteiger partial charge >= 0.3 is 0 Å². The molecule has 110 valence electrons. The maximum Gasteiger partial charge on any atom is 0.111 e. The summed E-state index contributed by atoms with van der Waals surface area (Å²) < 4.78 is 0. The molecule has 0 aliphatic carbocycles. The van der Waals surface area contributed by atoms with Gasteiger partial charge in [0.2, 0.25) is 0 Å². The highest BCUT2D eigenvalue weighted by Crippen LogP contribution is 2.23. The van der Waals surface area contributed by atoms with Crippen LogP contribution in [0.25, 0.3) is 0 Å². The van der Waals surface area contributed by atoms with Crippen molar-refractivity contribution in [2.24, 2.45) is 10.7 Å². The Morgan fingerprint density at radius 3 is 2.58 bits per heavy atom. The summed E-state index contributed by atoms with van der Waals surface area (Å²) in [6, 6.07) is 0. The number of aliphatic hydroxyl groups is 2. The molecule has 19 heavy (non-hydrogen) atoms. The van der Waals surface area contributed by atoms with E-state index in [1.54, 1.807) is 18.4 Å². The molecule has 0 saturated heterocycles. The monoisotopic (exact) mass is 286 g/mol. The molecule has 2 unspecified atom stereocenters. The number of thioether (sulfide) groups is 1. The fourth-order valence-corrected chi connectivity index (χ4v) is 2.27. The number of hydrogen-bond acceptors (Lipinski definition) is 4. The van der Waals surface area contributed by atoms with Gasteiger partial charge in [-0.2, -0.15) is 0 Å². The van der Waals surface area contributed by atoms with Crippen molar-refractivity contribution in [2.75, 3.05) is 6.54 Å². The number of aliphatic imine (C=N–C) groups is 1. The Morgan fingerprint density at radius 2 is 2.05 bits per heavy atom. The van der Waals surface area contributed by atoms with E-state index in [0.29, 0.717) is 12.3 Å². The van der Waals surface area contributed by atoms with Crippen molar-refractivity contribution in [1.82, 2.24) is 0 Å². The third kappa shape index (κ3) is 8.86. The van der Waals surface area contributed by atoms with Gasteiger partial charge < -0.3 is 15.9 Å². The molecule has 0 rings (SSSR count). The van der Waals surface area contributed by atoms with E-state index in [9.17, 15) is 10.2 Å². The van der Waals surface area contributed by atoms with Crippen molar-refractivity contribution in [3.05, 3.63) is 23.0 Å². The van der Waals surface area contributed by atoms with Crippen LogP contribution in [0.5, 0.6) is 0 Å². The second-order valence-corrected chi connectivity index (χ2v) is 5.40. The van der Waals surface area contributed by atoms with Crippen molar-refractivity contribution < 1.29 is 10.2 Å². The fourth-order valence-electron chi connectivity index (χ4n) is 1.65. The minimum Gasteiger partial charge on any atom is -0.390 e. The lowest BCUT2D eigenvalue weighted by molar-refractivity contribution is 0.0394. The van der Waals surface area contributed by atoms with E-state index < -0.39 is 12.2 Å². The van der Waals surface area contributed by atoms with E-state index in [2.05, 4.69) is 11.6 Å². The first-order valence-electron chi connectivity index (χ1n) is 6.59. The summed E-state index contributed by atoms with van der Waals surface area (Å²) >= 11 is 1.35. The average molecular weight is 286 g/mol. The van der Waals surface area contributed by atoms with Gasteiger partial charge in [0.25, 0.3) is 0 Å². The van der Waals surface area contributed by atoms with Gasteiger partial charge in [-0.1, -0.05) is 25.5 Å². The molecule has 0 fully saturated rings. The van der Waals surface area contributed by atoms with Gasteiger partial charge in [-0.15, -0.1) is 11.8 Å². The van der Waals surface area contributed by atoms with Crippen LogP contribution in [0.2, 0.25) is 0 Å². The fraction of sp³-hybridized carbons (Fsp3) is 0.643. The highest BCUT2D eigenvalue weighted by Gasteiger charge is 2.19. The molecule has 0 spiro atoms. The summed E-state index contributed by atoms with van der Waals surface area (Å²) in [4.78, 5) is 4.84. The van der Waals surface area contributed by atoms with Crippen molar-refractivity contribution in [3.63, 3.8) is 0 Å². The summed E-state index contributed by atoms with van der Waals surface area (Å²) in [5, 5.41) is 21.5. The second kappa shape index (κ2) is 11.1. The number of hydrogen-bond donors (Lipinski definition) is 3. The maximum absolute atomic E-state index is 9.96. The number of nitrogens with zero attached hydrogens (tertiary/aromatic N) is 1. The average Bonchev–Trinajstić information content (AvgIpc) is 2.38. The molecule has 5 heteroatoms. The molecule has 0 radical (unpaired) electrons. The number of rotatable bonds is 10. The van der Waals surface area contributed by atoms with Crippen LogP contribution in [0.3, 0.4) is 0 Å². The van der Waals surface area contributed by atoms with E-state index in [1.165, 1.54) is 11.8 Å². The maximum atomic E-state index is 9.96. The number of unbranched alkanes of at least 4 members (excludes halogenated alkanes) is 2. The zero-order chi connectivity index (χ0) is 14.7. The van der Waals surface area contributed by atoms with Gasteiger partial charge in [0, 0.05) is 11.4 Å². The van der Waals surface area contributed by atoms with Crippen molar-refractivity contribution in [3.8, 4) is 0 Å². The number of aliphatic hydroxyl groups excluding tert-OH is 2. The summed E-state index contributed by atoms with van der Waals surface area (Å²) in [6.45, 7) is 7.95. The molecule has 0 saturated carbocycles. The smallest absolute Gasteiger partial charge is 0.111 e. The standard InChI is InChI=1S/C14H26N2O2S/c1-4-13(19-5-2)14(18)12(17)9-7-6-8-10-16-11(3)15/h4-5,12,14,17-18H,2,6-10H2,1,3H3,(H2,15,16)/b13-4-. The lowest BCUT2D eigenvalue weighted by Gasteiger charge is -2.19. The summed E-state index contributed by atoms with van der Waals surface area (Å²) in [5.41, 5.74) is 5.43. The normalized spacial score (nSPS) is 16.2. The van der Waals surface area contributed by atoms with E-state index in [0.717, 1.165) is 30.7 Å². The predicted molar refractivity (Wildman–Crippen MR) is 84.2 cm³/mol. The lowest BCUT2D eigenvalue weighted by atomic mass is 10.1. The van der Waals surface area contributed by atoms with Gasteiger partial charge in [-0.3, -0.25) is 4.99 Å². The second-order valence-electron chi connectivity index (χ2n) is 4.36. The Bertz CT molecular complexity index is 313. The Kier molecular flexibility index (Phi) is 10.6. The highest BCUT2D eigenvalue weighted by molar-refractivity contribution is 8.05. The molecule has 2 atom stereocenters. The zero-order valence-electron chi connectivity index (χ0n) is 11.9. The van der Waals surface area contributed by atoms with Crippen LogP contribution < -0.4 is 5.73 Å². The van der Waals surface area contributed by atoms with Crippen molar-refractivity contribution in [1.29, 1.82) is 0 Å². The molecule has 0 aliphatic rings. The van der Waals surface area contributed by atoms with Crippen LogP contribution in [-0.4, -0.2) is 34.8 Å². The Hall–Kier alpha value is -0.780. The Morgan fingerprint density at radius 1 is 1.37 bits per heavy atom. The summed E-state index contributed by atoms with van der Waals surface area (Å²) in [5.74, 6) is 0.606. The highest BCUT2D eigenvalue weighted by atomic mass is 32.2. The topological polar surface area (TPSA) is 78.8 Å². The summed E-state index contributed by atoms with van der Waals surface area (Å²) in [6.07, 6.45) is 3.64. The van der Waals surface area contributed by atoms with Gasteiger partial charge in [-0.05, 0) is 32.1 Å². The van der Waals surface area contributed by atoms with E-state index in [-0.39, 0.29) is 0 Å². The Labute approximate surface area is 120 Å². The SMILES string of the molecule is C=CS/C(=C\C)C(O)C(O)CCCCCN=C(C)N. The molecule has 4 N–H and O–H groups in total. The van der Waals surface area contributed by atoms with Crippen molar-refractivity contribution >= 4 is 17.6 Å². The minimum atomic E-state index is -0.822. The molecule has 0 bridgehead atoms. The van der Waals surface area contributed by atoms with Gasteiger partial charge in [0.05, 0.1) is 11.9 Å². The van der Waals surface area contributed by atoms with Gasteiger partial charge in [-0.25, -0.2) is 0 Å². The minimum absolute atomic E-state index is 0.585. The molecule has 0 aromatic rings. The predicted octanol–water partition coefficient (Wildman–Crippen LogP) is 2.43. The first kappa shape index (κ1) is 18.2. The number of allylic oxidation sites excluding steroid dienone is 1. The van der Waals surface area contributed by atoms with Gasteiger partial charge in [0.15, 0.2) is 0 Å². The number of amidine groups is 1. The lowest BCUT2D eigenvalue weighted by Crippen LogP contribution is -2.26. The third-order valence-corrected chi connectivity index (χ3v) is 3.60. The molecule has 4 nitrogen and oxygen atoms in total. The molecule has 0 aromatic heterocycles. The van der Waals surface area contributed by atoms with Crippen LogP contribution in [-0.2, 0) is 0 Å². The van der Waals surface area contributed by atoms with E-state index >= 15 is 0 Å². The quantitative estimate of drug-likeness (QED) is 0.327. The van der Waals surface area contributed by atoms with Crippen molar-refractivity contribution in [2.45, 2.75) is 51.7 Å². The summed E-state index contributed by atoms with van der Waals surface area (Å²) in [7, 11) is 0.